The maximum Gasteiger partial charge on any atom is 0.254 e. The zero-order valence-electron chi connectivity index (χ0n) is 22.0. The Kier molecular flexibility index (Phi) is 9.06. The van der Waals surface area contributed by atoms with E-state index in [2.05, 4.69) is 22.1 Å². The molecule has 2 saturated heterocycles. The van der Waals surface area contributed by atoms with E-state index < -0.39 is 11.7 Å². The summed E-state index contributed by atoms with van der Waals surface area (Å²) in [4.78, 5) is 30.1. The number of hydrogen-bond donors (Lipinski definition) is 1. The van der Waals surface area contributed by atoms with Crippen LogP contribution in [0.15, 0.2) is 66.7 Å². The molecule has 0 unspecified atom stereocenters. The molecule has 5 rings (SSSR count). The monoisotopic (exact) mass is 577 g/mol. The number of nitrogens with one attached hydrogen (secondary N) is 1. The number of halogens is 3. The van der Waals surface area contributed by atoms with Gasteiger partial charge >= 0.3 is 0 Å². The summed E-state index contributed by atoms with van der Waals surface area (Å²) in [6, 6.07) is 20.0. The lowest BCUT2D eigenvalue weighted by atomic mass is 9.97. The number of nitrogens with zero attached hydrogens (tertiary/aromatic N) is 2. The van der Waals surface area contributed by atoms with Crippen molar-refractivity contribution in [2.45, 2.75) is 37.8 Å². The minimum absolute atomic E-state index is 0.0281. The molecule has 2 fully saturated rings. The number of likely N-dealkylation sites (tertiary alicyclic amines) is 2. The fourth-order valence-corrected chi connectivity index (χ4v) is 5.66. The number of hydrogen-bond acceptors (Lipinski definition) is 3. The fraction of sp³-hybridized carbons (Fsp3) is 0.312. The van der Waals surface area contributed by atoms with Crippen molar-refractivity contribution in [2.24, 2.45) is 0 Å². The lowest BCUT2D eigenvalue weighted by Crippen LogP contribution is -2.51. The quantitative estimate of drug-likeness (QED) is 0.304. The summed E-state index contributed by atoms with van der Waals surface area (Å²) >= 11 is 11.8. The number of amides is 2. The average Bonchev–Trinajstić information content (AvgIpc) is 2.99. The predicted octanol–water partition coefficient (Wildman–Crippen LogP) is 6.03. The van der Waals surface area contributed by atoms with E-state index >= 15 is 0 Å². The molecule has 206 valence electrons. The summed E-state index contributed by atoms with van der Waals surface area (Å²) < 4.78 is 14.2. The minimum atomic E-state index is -0.682. The predicted molar refractivity (Wildman–Crippen MR) is 156 cm³/mol. The molecule has 1 N–H and O–H groups in total. The van der Waals surface area contributed by atoms with Gasteiger partial charge in [-0.15, -0.1) is 0 Å². The highest BCUT2D eigenvalue weighted by atomic mass is 35.5. The van der Waals surface area contributed by atoms with E-state index in [0.717, 1.165) is 56.0 Å². The van der Waals surface area contributed by atoms with Gasteiger partial charge in [-0.3, -0.25) is 9.59 Å². The van der Waals surface area contributed by atoms with Crippen LogP contribution in [0.2, 0.25) is 10.0 Å². The van der Waals surface area contributed by atoms with E-state index in [4.69, 9.17) is 23.2 Å². The molecule has 2 amide bonds. The Balaban J connectivity index is 1.07. The number of piperidine rings is 2. The first-order valence-corrected chi connectivity index (χ1v) is 14.3. The van der Waals surface area contributed by atoms with Gasteiger partial charge in [0.1, 0.15) is 5.82 Å². The van der Waals surface area contributed by atoms with Crippen molar-refractivity contribution in [1.82, 2.24) is 15.1 Å². The summed E-state index contributed by atoms with van der Waals surface area (Å²) in [6.07, 6.45) is 3.40. The van der Waals surface area contributed by atoms with Crippen molar-refractivity contribution in [3.05, 3.63) is 105 Å². The second kappa shape index (κ2) is 12.9. The molecule has 3 aromatic rings. The third-order valence-electron chi connectivity index (χ3n) is 7.64. The van der Waals surface area contributed by atoms with Gasteiger partial charge in [0.2, 0.25) is 0 Å². The zero-order valence-corrected chi connectivity index (χ0v) is 23.5. The number of carbonyl (C=O) groups excluding carboxylic acids is 2. The number of benzene rings is 3. The second-order valence-corrected chi connectivity index (χ2v) is 11.1. The summed E-state index contributed by atoms with van der Waals surface area (Å²) in [5, 5.41) is 3.17. The highest BCUT2D eigenvalue weighted by Crippen LogP contribution is 2.26. The highest BCUT2D eigenvalue weighted by Gasteiger charge is 2.30. The van der Waals surface area contributed by atoms with Crippen LogP contribution < -0.4 is 5.32 Å². The molecule has 0 radical (unpaired) electrons. The molecule has 0 aromatic heterocycles. The molecule has 5 nitrogen and oxygen atoms in total. The summed E-state index contributed by atoms with van der Waals surface area (Å²) in [5.74, 6) is 5.18. The molecule has 0 spiro atoms. The van der Waals surface area contributed by atoms with E-state index in [9.17, 15) is 14.0 Å². The van der Waals surface area contributed by atoms with E-state index in [-0.39, 0.29) is 27.6 Å². The molecular weight excluding hydrogens is 548 g/mol. The van der Waals surface area contributed by atoms with Crippen molar-refractivity contribution in [1.29, 1.82) is 0 Å². The topological polar surface area (TPSA) is 52.7 Å². The standard InChI is InChI=1S/C32H30Cl2FN3O2/c33-28-20-27(30(35)21-29(28)34)31(39)36-25-12-16-37(17-13-25)26-14-18-38(19-15-26)32(40)24-10-8-23(9-11-24)7-6-22-4-2-1-3-5-22/h1-5,8-11,20-21,25-26H,12-19H2,(H,36,39). The normalized spacial score (nSPS) is 16.7. The van der Waals surface area contributed by atoms with Gasteiger partial charge in [0.05, 0.1) is 15.6 Å². The maximum atomic E-state index is 14.2. The van der Waals surface area contributed by atoms with Crippen LogP contribution in [0.5, 0.6) is 0 Å². The SMILES string of the molecule is O=C(NC1CCN(C2CCN(C(=O)c3ccc(C#Cc4ccccc4)cc3)CC2)CC1)c1cc(Cl)c(Cl)cc1F. The molecule has 2 aliphatic rings. The molecule has 0 bridgehead atoms. The molecule has 8 heteroatoms. The minimum Gasteiger partial charge on any atom is -0.349 e. The second-order valence-electron chi connectivity index (χ2n) is 10.2. The van der Waals surface area contributed by atoms with Crippen LogP contribution in [-0.4, -0.2) is 59.9 Å². The third-order valence-corrected chi connectivity index (χ3v) is 8.37. The van der Waals surface area contributed by atoms with Gasteiger partial charge in [-0.25, -0.2) is 4.39 Å². The van der Waals surface area contributed by atoms with Gasteiger partial charge in [0.25, 0.3) is 11.8 Å². The Morgan fingerprint density at radius 3 is 2.05 bits per heavy atom. The largest absolute Gasteiger partial charge is 0.349 e. The van der Waals surface area contributed by atoms with Gasteiger partial charge in [-0.05, 0) is 74.2 Å². The molecule has 2 aliphatic heterocycles. The van der Waals surface area contributed by atoms with E-state index in [1.807, 2.05) is 59.5 Å². The Morgan fingerprint density at radius 2 is 1.40 bits per heavy atom. The Labute approximate surface area is 244 Å². The Bertz CT molecular complexity index is 1420. The Hall–Kier alpha value is -3.37. The van der Waals surface area contributed by atoms with Crippen LogP contribution in [0.1, 0.15) is 57.5 Å². The van der Waals surface area contributed by atoms with E-state index in [1.54, 1.807) is 0 Å². The van der Waals surface area contributed by atoms with Crippen molar-refractivity contribution >= 4 is 35.0 Å². The summed E-state index contributed by atoms with van der Waals surface area (Å²) in [5.41, 5.74) is 2.42. The van der Waals surface area contributed by atoms with Crippen LogP contribution in [0.3, 0.4) is 0 Å². The van der Waals surface area contributed by atoms with Crippen molar-refractivity contribution < 1.29 is 14.0 Å². The summed E-state index contributed by atoms with van der Waals surface area (Å²) in [6.45, 7) is 3.12. The fourth-order valence-electron chi connectivity index (χ4n) is 5.35. The summed E-state index contributed by atoms with van der Waals surface area (Å²) in [7, 11) is 0. The first kappa shape index (κ1) is 28.2. The molecule has 2 heterocycles. The molecule has 0 atom stereocenters. The average molecular weight is 579 g/mol. The Morgan fingerprint density at radius 1 is 0.800 bits per heavy atom. The molecular formula is C32H30Cl2FN3O2. The first-order chi connectivity index (χ1) is 19.4. The van der Waals surface area contributed by atoms with Crippen molar-refractivity contribution in [2.75, 3.05) is 26.2 Å². The van der Waals surface area contributed by atoms with Gasteiger partial charge in [0.15, 0.2) is 0 Å². The lowest BCUT2D eigenvalue weighted by molar-refractivity contribution is 0.0566. The van der Waals surface area contributed by atoms with Crippen LogP contribution in [0.4, 0.5) is 4.39 Å². The first-order valence-electron chi connectivity index (χ1n) is 13.5. The molecule has 40 heavy (non-hydrogen) atoms. The van der Waals surface area contributed by atoms with Gasteiger partial charge in [-0.1, -0.05) is 53.2 Å². The highest BCUT2D eigenvalue weighted by molar-refractivity contribution is 6.42. The van der Waals surface area contributed by atoms with E-state index in [1.165, 1.54) is 6.07 Å². The van der Waals surface area contributed by atoms with Gasteiger partial charge in [0, 0.05) is 55.0 Å². The number of rotatable bonds is 4. The van der Waals surface area contributed by atoms with Crippen LogP contribution in [0, 0.1) is 17.7 Å². The van der Waals surface area contributed by atoms with Crippen LogP contribution in [-0.2, 0) is 0 Å². The maximum absolute atomic E-state index is 14.2. The zero-order chi connectivity index (χ0) is 28.1. The number of carbonyl (C=O) groups is 2. The van der Waals surface area contributed by atoms with Gasteiger partial charge in [-0.2, -0.15) is 0 Å². The molecule has 3 aromatic carbocycles. The lowest BCUT2D eigenvalue weighted by Gasteiger charge is -2.42. The van der Waals surface area contributed by atoms with Gasteiger partial charge < -0.3 is 15.1 Å². The smallest absolute Gasteiger partial charge is 0.254 e. The van der Waals surface area contributed by atoms with Crippen molar-refractivity contribution in [3.63, 3.8) is 0 Å². The van der Waals surface area contributed by atoms with Crippen molar-refractivity contribution in [3.8, 4) is 11.8 Å². The van der Waals surface area contributed by atoms with Crippen LogP contribution in [0.25, 0.3) is 0 Å². The van der Waals surface area contributed by atoms with E-state index in [0.29, 0.717) is 24.7 Å². The third kappa shape index (κ3) is 6.85. The van der Waals surface area contributed by atoms with Crippen LogP contribution >= 0.6 is 23.2 Å². The molecule has 0 aliphatic carbocycles. The molecule has 0 saturated carbocycles.